The molecule has 156 valence electrons. The number of amides is 2. The molecular weight excluding hydrogens is 398 g/mol. The molecule has 0 bridgehead atoms. The fourth-order valence-electron chi connectivity index (χ4n) is 3.14. The van der Waals surface area contributed by atoms with Crippen molar-refractivity contribution in [1.82, 2.24) is 25.0 Å². The van der Waals surface area contributed by atoms with Crippen LogP contribution in [-0.4, -0.2) is 61.1 Å². The zero-order valence-corrected chi connectivity index (χ0v) is 17.3. The quantitative estimate of drug-likeness (QED) is 0.780. The minimum atomic E-state index is -0.811. The van der Waals surface area contributed by atoms with E-state index < -0.39 is 23.8 Å². The molecular formula is C19H24ClN5O4. The first-order valence-corrected chi connectivity index (χ1v) is 9.60. The van der Waals surface area contributed by atoms with Gasteiger partial charge >= 0.3 is 6.09 Å². The van der Waals surface area contributed by atoms with E-state index in [-0.39, 0.29) is 25.4 Å². The Labute approximate surface area is 173 Å². The van der Waals surface area contributed by atoms with E-state index in [0.29, 0.717) is 5.02 Å². The summed E-state index contributed by atoms with van der Waals surface area (Å²) < 4.78 is 6.93. The number of carbonyl (C=O) groups excluding carboxylic acids is 2. The number of ether oxygens (including phenoxy) is 1. The normalized spacial score (nSPS) is 19.3. The summed E-state index contributed by atoms with van der Waals surface area (Å²) in [7, 11) is 0. The molecule has 2 atom stereocenters. The van der Waals surface area contributed by atoms with Crippen LogP contribution in [0.1, 0.15) is 32.8 Å². The van der Waals surface area contributed by atoms with Gasteiger partial charge in [-0.05, 0) is 44.5 Å². The van der Waals surface area contributed by atoms with E-state index in [4.69, 9.17) is 16.3 Å². The number of hydrogen-bond acceptors (Lipinski definition) is 6. The number of halogens is 1. The Kier molecular flexibility index (Phi) is 6.09. The highest BCUT2D eigenvalue weighted by Crippen LogP contribution is 2.23. The third-order valence-corrected chi connectivity index (χ3v) is 4.60. The van der Waals surface area contributed by atoms with Gasteiger partial charge < -0.3 is 15.2 Å². The molecule has 1 aromatic carbocycles. The number of aliphatic hydroxyl groups excluding tert-OH is 1. The summed E-state index contributed by atoms with van der Waals surface area (Å²) in [6.45, 7) is 5.46. The lowest BCUT2D eigenvalue weighted by Crippen LogP contribution is -2.47. The maximum atomic E-state index is 12.8. The van der Waals surface area contributed by atoms with Crippen LogP contribution in [0, 0.1) is 0 Å². The zero-order valence-electron chi connectivity index (χ0n) is 16.5. The van der Waals surface area contributed by atoms with Crippen LogP contribution in [0.3, 0.4) is 0 Å². The molecule has 1 aliphatic rings. The fraction of sp³-hybridized carbons (Fsp3) is 0.474. The first-order chi connectivity index (χ1) is 13.6. The van der Waals surface area contributed by atoms with Crippen molar-refractivity contribution in [1.29, 1.82) is 0 Å². The Balaban J connectivity index is 1.72. The van der Waals surface area contributed by atoms with Gasteiger partial charge in [-0.3, -0.25) is 9.69 Å². The number of hydrogen-bond donors (Lipinski definition) is 2. The Morgan fingerprint density at radius 2 is 2.14 bits per heavy atom. The molecule has 2 amide bonds. The van der Waals surface area contributed by atoms with Crippen LogP contribution in [0.2, 0.25) is 5.02 Å². The molecule has 0 spiro atoms. The van der Waals surface area contributed by atoms with E-state index in [9.17, 15) is 14.7 Å². The molecule has 29 heavy (non-hydrogen) atoms. The van der Waals surface area contributed by atoms with Crippen molar-refractivity contribution < 1.29 is 19.4 Å². The van der Waals surface area contributed by atoms with Gasteiger partial charge in [-0.2, -0.15) is 5.10 Å². The molecule has 1 aliphatic heterocycles. The van der Waals surface area contributed by atoms with Crippen LogP contribution in [0.25, 0.3) is 5.69 Å². The van der Waals surface area contributed by atoms with Crippen molar-refractivity contribution in [3.63, 3.8) is 0 Å². The summed E-state index contributed by atoms with van der Waals surface area (Å²) in [5.74, 6) is -0.378. The third-order valence-electron chi connectivity index (χ3n) is 4.37. The number of nitrogens with one attached hydrogen (secondary N) is 1. The average molecular weight is 422 g/mol. The minimum absolute atomic E-state index is 0.0500. The molecule has 0 unspecified atom stereocenters. The van der Waals surface area contributed by atoms with Crippen molar-refractivity contribution in [2.75, 3.05) is 6.54 Å². The number of aliphatic hydroxyl groups is 1. The van der Waals surface area contributed by atoms with E-state index in [1.54, 1.807) is 50.0 Å². The highest BCUT2D eigenvalue weighted by molar-refractivity contribution is 6.30. The van der Waals surface area contributed by atoms with Gasteiger partial charge in [0.25, 0.3) is 0 Å². The van der Waals surface area contributed by atoms with Crippen molar-refractivity contribution >= 4 is 23.6 Å². The lowest BCUT2D eigenvalue weighted by Gasteiger charge is -2.27. The van der Waals surface area contributed by atoms with Gasteiger partial charge in [0.2, 0.25) is 5.91 Å². The highest BCUT2D eigenvalue weighted by atomic mass is 35.5. The predicted molar refractivity (Wildman–Crippen MR) is 106 cm³/mol. The molecule has 1 aromatic heterocycles. The monoisotopic (exact) mass is 421 g/mol. The van der Waals surface area contributed by atoms with E-state index in [2.05, 4.69) is 15.4 Å². The van der Waals surface area contributed by atoms with Gasteiger partial charge in [0.05, 0.1) is 18.3 Å². The second kappa shape index (κ2) is 8.38. The molecule has 1 fully saturated rings. The van der Waals surface area contributed by atoms with Gasteiger partial charge in [0.1, 0.15) is 24.3 Å². The fourth-order valence-corrected chi connectivity index (χ4v) is 3.33. The number of likely N-dealkylation sites (tertiary alicyclic amines) is 1. The van der Waals surface area contributed by atoms with Crippen LogP contribution in [0.4, 0.5) is 4.79 Å². The molecule has 0 saturated carbocycles. The summed E-state index contributed by atoms with van der Waals surface area (Å²) in [6.07, 6.45) is 1.70. The molecule has 10 heteroatoms. The first kappa shape index (κ1) is 21.1. The number of β-amino-alcohol motifs (C(OH)–C–C–N with tert-alkyl or cyclic N) is 1. The average Bonchev–Trinajstić information content (AvgIpc) is 3.28. The number of nitrogens with zero attached hydrogens (tertiary/aromatic N) is 4. The maximum Gasteiger partial charge on any atom is 0.411 e. The lowest BCUT2D eigenvalue weighted by atomic mass is 10.1. The summed E-state index contributed by atoms with van der Waals surface area (Å²) in [5, 5.41) is 17.4. The zero-order chi connectivity index (χ0) is 21.2. The SMILES string of the molecule is CC(C)(C)OC(=O)N1C[C@H](O)C[C@H]1C(=O)NCc1cc(Cl)ccc1-n1cncn1. The number of aromatic nitrogens is 3. The second-order valence-corrected chi connectivity index (χ2v) is 8.31. The molecule has 1 saturated heterocycles. The maximum absolute atomic E-state index is 12.8. The standard InChI is InChI=1S/C19H24ClN5O4/c1-19(2,3)29-18(28)24-9-14(26)7-16(24)17(27)22-8-12-6-13(20)4-5-15(12)25-11-21-10-23-25/h4-6,10-11,14,16,26H,7-9H2,1-3H3,(H,22,27)/t14-,16+/m1/s1. The van der Waals surface area contributed by atoms with Gasteiger partial charge in [-0.15, -0.1) is 0 Å². The van der Waals surface area contributed by atoms with Crippen molar-refractivity contribution in [2.24, 2.45) is 0 Å². The third kappa shape index (κ3) is 5.24. The molecule has 2 heterocycles. The Morgan fingerprint density at radius 1 is 1.38 bits per heavy atom. The number of carbonyl (C=O) groups is 2. The van der Waals surface area contributed by atoms with Gasteiger partial charge in [-0.1, -0.05) is 11.6 Å². The van der Waals surface area contributed by atoms with Crippen LogP contribution < -0.4 is 5.32 Å². The largest absolute Gasteiger partial charge is 0.444 e. The minimum Gasteiger partial charge on any atom is -0.444 e. The lowest BCUT2D eigenvalue weighted by molar-refractivity contribution is -0.125. The van der Waals surface area contributed by atoms with Crippen molar-refractivity contribution in [3.05, 3.63) is 41.4 Å². The Bertz CT molecular complexity index is 881. The summed E-state index contributed by atoms with van der Waals surface area (Å²) in [5.41, 5.74) is 0.764. The smallest absolute Gasteiger partial charge is 0.411 e. The van der Waals surface area contributed by atoms with Gasteiger partial charge in [0, 0.05) is 18.0 Å². The van der Waals surface area contributed by atoms with Gasteiger partial charge in [0.15, 0.2) is 0 Å². The first-order valence-electron chi connectivity index (χ1n) is 9.23. The molecule has 2 aromatic rings. The van der Waals surface area contributed by atoms with E-state index in [1.165, 1.54) is 11.2 Å². The molecule has 0 aliphatic carbocycles. The predicted octanol–water partition coefficient (Wildman–Crippen LogP) is 1.91. The topological polar surface area (TPSA) is 110 Å². The van der Waals surface area contributed by atoms with E-state index in [1.807, 2.05) is 0 Å². The second-order valence-electron chi connectivity index (χ2n) is 7.87. The Morgan fingerprint density at radius 3 is 2.79 bits per heavy atom. The van der Waals surface area contributed by atoms with Crippen LogP contribution in [0.15, 0.2) is 30.9 Å². The van der Waals surface area contributed by atoms with Gasteiger partial charge in [-0.25, -0.2) is 14.5 Å². The van der Waals surface area contributed by atoms with Crippen molar-refractivity contribution in [3.8, 4) is 5.69 Å². The molecule has 3 rings (SSSR count). The van der Waals surface area contributed by atoms with Crippen LogP contribution >= 0.6 is 11.6 Å². The van der Waals surface area contributed by atoms with E-state index >= 15 is 0 Å². The summed E-state index contributed by atoms with van der Waals surface area (Å²) >= 11 is 6.11. The summed E-state index contributed by atoms with van der Waals surface area (Å²) in [6, 6.07) is 4.43. The summed E-state index contributed by atoms with van der Waals surface area (Å²) in [4.78, 5) is 30.4. The highest BCUT2D eigenvalue weighted by Gasteiger charge is 2.40. The van der Waals surface area contributed by atoms with Crippen LogP contribution in [-0.2, 0) is 16.1 Å². The van der Waals surface area contributed by atoms with Crippen molar-refractivity contribution in [2.45, 2.75) is 51.5 Å². The van der Waals surface area contributed by atoms with Crippen LogP contribution in [0.5, 0.6) is 0 Å². The molecule has 2 N–H and O–H groups in total. The number of benzene rings is 1. The number of rotatable bonds is 4. The molecule has 0 radical (unpaired) electrons. The van der Waals surface area contributed by atoms with E-state index in [0.717, 1.165) is 11.3 Å². The molecule has 9 nitrogen and oxygen atoms in total. The Hall–Kier alpha value is -2.65.